The number of aromatic nitrogens is 2. The van der Waals surface area contributed by atoms with Gasteiger partial charge in [0, 0.05) is 16.1 Å². The molecule has 22 heavy (non-hydrogen) atoms. The fraction of sp³-hybridized carbons (Fsp3) is 0.125. The van der Waals surface area contributed by atoms with Gasteiger partial charge in [0.2, 0.25) is 5.95 Å². The summed E-state index contributed by atoms with van der Waals surface area (Å²) < 4.78 is 27.2. The molecule has 1 atom stereocenters. The first-order valence-corrected chi connectivity index (χ1v) is 7.46. The number of benzene rings is 2. The summed E-state index contributed by atoms with van der Waals surface area (Å²) in [4.78, 5) is 8.65. The van der Waals surface area contributed by atoms with Crippen molar-refractivity contribution in [1.82, 2.24) is 9.97 Å². The highest BCUT2D eigenvalue weighted by Crippen LogP contribution is 2.22. The summed E-state index contributed by atoms with van der Waals surface area (Å²) in [6.45, 7) is 1.84. The van der Waals surface area contributed by atoms with Gasteiger partial charge in [0.05, 0.1) is 11.6 Å². The van der Waals surface area contributed by atoms with E-state index in [0.717, 1.165) is 21.4 Å². The Morgan fingerprint density at radius 1 is 1.09 bits per heavy atom. The maximum atomic E-state index is 13.3. The number of nitrogens with zero attached hydrogens (tertiary/aromatic N) is 2. The van der Waals surface area contributed by atoms with Gasteiger partial charge in [0.15, 0.2) is 11.6 Å². The Hall–Kier alpha value is -2.08. The second-order valence-electron chi connectivity index (χ2n) is 4.94. The van der Waals surface area contributed by atoms with Crippen LogP contribution in [0.2, 0.25) is 0 Å². The number of hydrogen-bond donors (Lipinski definition) is 1. The van der Waals surface area contributed by atoms with Crippen LogP contribution in [0.3, 0.4) is 0 Å². The lowest BCUT2D eigenvalue weighted by Gasteiger charge is -2.14. The van der Waals surface area contributed by atoms with Gasteiger partial charge in [-0.15, -0.1) is 0 Å². The fourth-order valence-electron chi connectivity index (χ4n) is 2.13. The van der Waals surface area contributed by atoms with E-state index in [1.807, 2.05) is 25.1 Å². The molecular weight excluding hydrogens is 352 g/mol. The van der Waals surface area contributed by atoms with Gasteiger partial charge in [-0.2, -0.15) is 0 Å². The molecule has 0 amide bonds. The lowest BCUT2D eigenvalue weighted by molar-refractivity contribution is 0.506. The molecule has 1 heterocycles. The van der Waals surface area contributed by atoms with E-state index in [9.17, 15) is 8.78 Å². The predicted octanol–water partition coefficient (Wildman–Crippen LogP) is 4.84. The molecule has 0 unspecified atom stereocenters. The minimum Gasteiger partial charge on any atom is -0.348 e. The minimum atomic E-state index is -0.865. The highest BCUT2D eigenvalue weighted by Gasteiger charge is 2.10. The molecule has 0 aliphatic carbocycles. The van der Waals surface area contributed by atoms with E-state index in [4.69, 9.17) is 0 Å². The molecule has 0 fully saturated rings. The normalized spacial score (nSPS) is 12.4. The van der Waals surface area contributed by atoms with Gasteiger partial charge < -0.3 is 5.32 Å². The topological polar surface area (TPSA) is 37.8 Å². The van der Waals surface area contributed by atoms with Crippen molar-refractivity contribution in [3.8, 4) is 0 Å². The van der Waals surface area contributed by atoms with Crippen molar-refractivity contribution in [1.29, 1.82) is 0 Å². The maximum Gasteiger partial charge on any atom is 0.223 e. The van der Waals surface area contributed by atoms with Gasteiger partial charge in [-0.05, 0) is 42.8 Å². The lowest BCUT2D eigenvalue weighted by Crippen LogP contribution is -2.10. The summed E-state index contributed by atoms with van der Waals surface area (Å²) in [6.07, 6.45) is 1.72. The molecule has 6 heteroatoms. The van der Waals surface area contributed by atoms with Crippen molar-refractivity contribution >= 4 is 32.8 Å². The van der Waals surface area contributed by atoms with E-state index in [1.54, 1.807) is 6.20 Å². The molecule has 3 nitrogen and oxygen atoms in total. The molecule has 0 saturated carbocycles. The van der Waals surface area contributed by atoms with Crippen LogP contribution >= 0.6 is 15.9 Å². The smallest absolute Gasteiger partial charge is 0.223 e. The van der Waals surface area contributed by atoms with Crippen LogP contribution in [-0.2, 0) is 0 Å². The lowest BCUT2D eigenvalue weighted by atomic mass is 10.1. The van der Waals surface area contributed by atoms with Crippen molar-refractivity contribution in [2.45, 2.75) is 13.0 Å². The molecule has 3 rings (SSSR count). The molecule has 0 bridgehead atoms. The largest absolute Gasteiger partial charge is 0.348 e. The standard InChI is InChI=1S/C16H12BrF2N3/c1-9(10-2-4-13(18)14(19)7-10)21-16-20-8-11-6-12(17)3-5-15(11)22-16/h2-9H,1H3,(H,20,21,22)/t9-/m1/s1. The molecular formula is C16H12BrF2N3. The van der Waals surface area contributed by atoms with E-state index in [2.05, 4.69) is 31.2 Å². The zero-order valence-electron chi connectivity index (χ0n) is 11.6. The first kappa shape index (κ1) is 14.8. The number of rotatable bonds is 3. The molecule has 1 N–H and O–H groups in total. The number of hydrogen-bond acceptors (Lipinski definition) is 3. The summed E-state index contributed by atoms with van der Waals surface area (Å²) in [6, 6.07) is 9.29. The number of anilines is 1. The van der Waals surface area contributed by atoms with Crippen molar-refractivity contribution < 1.29 is 8.78 Å². The Morgan fingerprint density at radius 2 is 1.91 bits per heavy atom. The van der Waals surface area contributed by atoms with Gasteiger partial charge in [-0.3, -0.25) is 0 Å². The van der Waals surface area contributed by atoms with E-state index in [1.165, 1.54) is 12.1 Å². The number of halogens is 3. The van der Waals surface area contributed by atoms with Crippen LogP contribution in [-0.4, -0.2) is 9.97 Å². The number of fused-ring (bicyclic) bond motifs is 1. The van der Waals surface area contributed by atoms with Crippen molar-refractivity contribution in [3.05, 3.63) is 64.3 Å². The average molecular weight is 364 g/mol. The fourth-order valence-corrected chi connectivity index (χ4v) is 2.51. The van der Waals surface area contributed by atoms with Gasteiger partial charge in [0.25, 0.3) is 0 Å². The molecule has 0 saturated heterocycles. The first-order valence-electron chi connectivity index (χ1n) is 6.67. The third kappa shape index (κ3) is 3.06. The summed E-state index contributed by atoms with van der Waals surface area (Å²) in [5.41, 5.74) is 1.43. The highest BCUT2D eigenvalue weighted by molar-refractivity contribution is 9.10. The highest BCUT2D eigenvalue weighted by atomic mass is 79.9. The van der Waals surface area contributed by atoms with E-state index in [0.29, 0.717) is 11.5 Å². The second-order valence-corrected chi connectivity index (χ2v) is 5.85. The zero-order chi connectivity index (χ0) is 15.7. The van der Waals surface area contributed by atoms with Gasteiger partial charge in [0.1, 0.15) is 0 Å². The van der Waals surface area contributed by atoms with Crippen LogP contribution in [0.15, 0.2) is 47.1 Å². The zero-order valence-corrected chi connectivity index (χ0v) is 13.2. The summed E-state index contributed by atoms with van der Waals surface area (Å²) in [7, 11) is 0. The third-order valence-electron chi connectivity index (χ3n) is 3.33. The van der Waals surface area contributed by atoms with Gasteiger partial charge >= 0.3 is 0 Å². The maximum absolute atomic E-state index is 13.3. The average Bonchev–Trinajstić information content (AvgIpc) is 2.50. The summed E-state index contributed by atoms with van der Waals surface area (Å²) in [5.74, 6) is -1.29. The minimum absolute atomic E-state index is 0.247. The van der Waals surface area contributed by atoms with Crippen molar-refractivity contribution in [2.75, 3.05) is 5.32 Å². The Labute approximate surface area is 134 Å². The van der Waals surface area contributed by atoms with Crippen LogP contribution in [0, 0.1) is 11.6 Å². The second kappa shape index (κ2) is 5.96. The third-order valence-corrected chi connectivity index (χ3v) is 3.82. The Kier molecular flexibility index (Phi) is 4.02. The van der Waals surface area contributed by atoms with Crippen LogP contribution < -0.4 is 5.32 Å². The van der Waals surface area contributed by atoms with E-state index >= 15 is 0 Å². The van der Waals surface area contributed by atoms with Gasteiger partial charge in [-0.1, -0.05) is 22.0 Å². The quantitative estimate of drug-likeness (QED) is 0.723. The number of nitrogens with one attached hydrogen (secondary N) is 1. The molecule has 3 aromatic rings. The molecule has 0 spiro atoms. The Bertz CT molecular complexity index is 839. The molecule has 0 aliphatic rings. The van der Waals surface area contributed by atoms with Crippen LogP contribution in [0.25, 0.3) is 10.9 Å². The molecule has 0 aliphatic heterocycles. The Morgan fingerprint density at radius 3 is 2.68 bits per heavy atom. The predicted molar refractivity (Wildman–Crippen MR) is 85.6 cm³/mol. The molecule has 1 aromatic heterocycles. The van der Waals surface area contributed by atoms with Crippen LogP contribution in [0.4, 0.5) is 14.7 Å². The first-order chi connectivity index (χ1) is 10.5. The summed E-state index contributed by atoms with van der Waals surface area (Å²) in [5, 5.41) is 4.01. The van der Waals surface area contributed by atoms with E-state index < -0.39 is 11.6 Å². The van der Waals surface area contributed by atoms with E-state index in [-0.39, 0.29) is 6.04 Å². The molecule has 0 radical (unpaired) electrons. The molecule has 112 valence electrons. The van der Waals surface area contributed by atoms with Crippen molar-refractivity contribution in [3.63, 3.8) is 0 Å². The Balaban J connectivity index is 1.85. The summed E-state index contributed by atoms with van der Waals surface area (Å²) >= 11 is 3.40. The monoisotopic (exact) mass is 363 g/mol. The van der Waals surface area contributed by atoms with Crippen LogP contribution in [0.1, 0.15) is 18.5 Å². The van der Waals surface area contributed by atoms with Crippen LogP contribution in [0.5, 0.6) is 0 Å². The molecule has 2 aromatic carbocycles. The van der Waals surface area contributed by atoms with Gasteiger partial charge in [-0.25, -0.2) is 18.7 Å². The SMILES string of the molecule is C[C@@H](Nc1ncc2cc(Br)ccc2n1)c1ccc(F)c(F)c1. The van der Waals surface area contributed by atoms with Crippen molar-refractivity contribution in [2.24, 2.45) is 0 Å².